The van der Waals surface area contributed by atoms with Gasteiger partial charge >= 0.3 is 5.76 Å². The van der Waals surface area contributed by atoms with Gasteiger partial charge in [0.05, 0.1) is 9.79 Å². The van der Waals surface area contributed by atoms with Gasteiger partial charge in [0.25, 0.3) is 0 Å². The average Bonchev–Trinajstić information content (AvgIpc) is 3.00. The van der Waals surface area contributed by atoms with Gasteiger partial charge in [0.15, 0.2) is 0 Å². The SMILES string of the molecule is CN(C1CCCC1)S(=O)(=O)c1ccc(S(=O)(=O)C(F)F)cc1. The first-order valence-corrected chi connectivity index (χ1v) is 9.76. The minimum absolute atomic E-state index is 0.0746. The summed E-state index contributed by atoms with van der Waals surface area (Å²) in [4.78, 5) is -0.694. The van der Waals surface area contributed by atoms with Gasteiger partial charge < -0.3 is 0 Å². The van der Waals surface area contributed by atoms with Crippen LogP contribution >= 0.6 is 0 Å². The van der Waals surface area contributed by atoms with Crippen molar-refractivity contribution in [3.05, 3.63) is 24.3 Å². The molecule has 0 atom stereocenters. The molecule has 2 rings (SSSR count). The minimum atomic E-state index is -4.72. The van der Waals surface area contributed by atoms with Crippen molar-refractivity contribution in [2.45, 2.75) is 47.3 Å². The average molecular weight is 353 g/mol. The normalized spacial score (nSPS) is 17.5. The van der Waals surface area contributed by atoms with Crippen LogP contribution < -0.4 is 0 Å². The van der Waals surface area contributed by atoms with Crippen LogP contribution in [0.15, 0.2) is 34.1 Å². The molecular formula is C13H17F2NO4S2. The van der Waals surface area contributed by atoms with Crippen molar-refractivity contribution in [2.75, 3.05) is 7.05 Å². The standard InChI is InChI=1S/C13H17F2NO4S2/c1-16(10-4-2-3-5-10)22(19,20)12-8-6-11(7-9-12)21(17,18)13(14)15/h6-10,13H,2-5H2,1H3. The van der Waals surface area contributed by atoms with Gasteiger partial charge in [-0.3, -0.25) is 0 Å². The Bertz CT molecular complexity index is 724. The van der Waals surface area contributed by atoms with Crippen LogP contribution in [0.5, 0.6) is 0 Å². The Morgan fingerprint density at radius 2 is 1.45 bits per heavy atom. The molecule has 0 bridgehead atoms. The predicted molar refractivity (Wildman–Crippen MR) is 76.8 cm³/mol. The lowest BCUT2D eigenvalue weighted by Gasteiger charge is -2.23. The summed E-state index contributed by atoms with van der Waals surface area (Å²) >= 11 is 0. The molecule has 0 saturated heterocycles. The largest absolute Gasteiger partial charge is 0.341 e. The highest BCUT2D eigenvalue weighted by Crippen LogP contribution is 2.28. The second-order valence-corrected chi connectivity index (χ2v) is 9.15. The molecule has 0 spiro atoms. The van der Waals surface area contributed by atoms with Crippen LogP contribution in [0.1, 0.15) is 25.7 Å². The van der Waals surface area contributed by atoms with Gasteiger partial charge in [-0.15, -0.1) is 0 Å². The quantitative estimate of drug-likeness (QED) is 0.814. The van der Waals surface area contributed by atoms with E-state index in [1.54, 1.807) is 0 Å². The van der Waals surface area contributed by atoms with Crippen molar-refractivity contribution in [3.8, 4) is 0 Å². The highest BCUT2D eigenvalue weighted by Gasteiger charge is 2.31. The number of sulfone groups is 1. The maximum Gasteiger partial charge on any atom is 0.341 e. The fourth-order valence-corrected chi connectivity index (χ4v) is 4.67. The summed E-state index contributed by atoms with van der Waals surface area (Å²) in [6.45, 7) is 0. The van der Waals surface area contributed by atoms with Gasteiger partial charge in [-0.25, -0.2) is 16.8 Å². The third-order valence-electron chi connectivity index (χ3n) is 3.90. The van der Waals surface area contributed by atoms with Gasteiger partial charge in [0.2, 0.25) is 19.9 Å². The molecule has 1 aromatic carbocycles. The van der Waals surface area contributed by atoms with E-state index in [4.69, 9.17) is 0 Å². The molecule has 0 aromatic heterocycles. The van der Waals surface area contributed by atoms with E-state index in [1.165, 1.54) is 11.4 Å². The number of sulfonamides is 1. The molecule has 1 aliphatic rings. The van der Waals surface area contributed by atoms with Crippen LogP contribution in [0, 0.1) is 0 Å². The van der Waals surface area contributed by atoms with Gasteiger partial charge in [-0.1, -0.05) is 12.8 Å². The smallest absolute Gasteiger partial charge is 0.218 e. The van der Waals surface area contributed by atoms with Gasteiger partial charge in [0.1, 0.15) is 0 Å². The Labute approximate surface area is 128 Å². The molecule has 1 saturated carbocycles. The molecule has 0 radical (unpaired) electrons. The van der Waals surface area contributed by atoms with E-state index < -0.39 is 30.5 Å². The van der Waals surface area contributed by atoms with E-state index in [0.29, 0.717) is 0 Å². The lowest BCUT2D eigenvalue weighted by atomic mass is 10.3. The summed E-state index contributed by atoms with van der Waals surface area (Å²) in [6, 6.07) is 3.83. The third kappa shape index (κ3) is 3.16. The van der Waals surface area contributed by atoms with E-state index in [2.05, 4.69) is 0 Å². The first-order chi connectivity index (χ1) is 10.2. The highest BCUT2D eigenvalue weighted by atomic mass is 32.2. The summed E-state index contributed by atoms with van der Waals surface area (Å²) in [5.41, 5.74) is 0. The number of hydrogen-bond acceptors (Lipinski definition) is 4. The fraction of sp³-hybridized carbons (Fsp3) is 0.538. The Morgan fingerprint density at radius 3 is 1.91 bits per heavy atom. The monoisotopic (exact) mass is 353 g/mol. The van der Waals surface area contributed by atoms with Crippen molar-refractivity contribution >= 4 is 19.9 Å². The Kier molecular flexibility index (Phi) is 4.88. The summed E-state index contributed by atoms with van der Waals surface area (Å²) < 4.78 is 73.7. The van der Waals surface area contributed by atoms with E-state index in [-0.39, 0.29) is 10.9 Å². The second kappa shape index (κ2) is 6.21. The van der Waals surface area contributed by atoms with Crippen molar-refractivity contribution in [3.63, 3.8) is 0 Å². The molecule has 0 aliphatic heterocycles. The number of halogens is 2. The van der Waals surface area contributed by atoms with E-state index in [0.717, 1.165) is 49.9 Å². The lowest BCUT2D eigenvalue weighted by Crippen LogP contribution is -2.35. The van der Waals surface area contributed by atoms with Crippen LogP contribution in [0.3, 0.4) is 0 Å². The highest BCUT2D eigenvalue weighted by molar-refractivity contribution is 7.91. The fourth-order valence-electron chi connectivity index (χ4n) is 2.53. The number of alkyl halides is 2. The Hall–Kier alpha value is -1.06. The predicted octanol–water partition coefficient (Wildman–Crippen LogP) is 2.25. The molecular weight excluding hydrogens is 336 g/mol. The van der Waals surface area contributed by atoms with E-state index in [1.807, 2.05) is 0 Å². The van der Waals surface area contributed by atoms with E-state index >= 15 is 0 Å². The molecule has 0 amide bonds. The first kappa shape index (κ1) is 17.3. The molecule has 0 unspecified atom stereocenters. The summed E-state index contributed by atoms with van der Waals surface area (Å²) in [5.74, 6) is -3.53. The molecule has 1 aliphatic carbocycles. The van der Waals surface area contributed by atoms with Gasteiger partial charge in [-0.05, 0) is 37.1 Å². The van der Waals surface area contributed by atoms with Crippen LogP contribution in [-0.2, 0) is 19.9 Å². The van der Waals surface area contributed by atoms with Crippen LogP contribution in [0.25, 0.3) is 0 Å². The maximum atomic E-state index is 12.5. The third-order valence-corrected chi connectivity index (χ3v) is 7.23. The van der Waals surface area contributed by atoms with Crippen molar-refractivity contribution < 1.29 is 25.6 Å². The molecule has 5 nitrogen and oxygen atoms in total. The van der Waals surface area contributed by atoms with Crippen molar-refractivity contribution in [1.82, 2.24) is 4.31 Å². The molecule has 22 heavy (non-hydrogen) atoms. The summed E-state index contributed by atoms with van der Waals surface area (Å²) in [5, 5.41) is 0. The van der Waals surface area contributed by atoms with E-state index in [9.17, 15) is 25.6 Å². The minimum Gasteiger partial charge on any atom is -0.218 e. The molecule has 0 heterocycles. The molecule has 1 fully saturated rings. The van der Waals surface area contributed by atoms with Crippen molar-refractivity contribution in [2.24, 2.45) is 0 Å². The first-order valence-electron chi connectivity index (χ1n) is 6.77. The van der Waals surface area contributed by atoms with Gasteiger partial charge in [-0.2, -0.15) is 13.1 Å². The number of nitrogens with zero attached hydrogens (tertiary/aromatic N) is 1. The molecule has 1 aromatic rings. The van der Waals surface area contributed by atoms with Crippen molar-refractivity contribution in [1.29, 1.82) is 0 Å². The number of benzene rings is 1. The molecule has 9 heteroatoms. The maximum absolute atomic E-state index is 12.5. The zero-order valence-corrected chi connectivity index (χ0v) is 13.6. The topological polar surface area (TPSA) is 71.5 Å². The number of rotatable bonds is 5. The lowest BCUT2D eigenvalue weighted by molar-refractivity contribution is 0.234. The summed E-state index contributed by atoms with van der Waals surface area (Å²) in [6.07, 6.45) is 3.51. The zero-order valence-electron chi connectivity index (χ0n) is 11.9. The zero-order chi connectivity index (χ0) is 16.5. The summed E-state index contributed by atoms with van der Waals surface area (Å²) in [7, 11) is -6.99. The van der Waals surface area contributed by atoms with Gasteiger partial charge in [0, 0.05) is 13.1 Å². The molecule has 0 N–H and O–H groups in total. The Balaban J connectivity index is 2.30. The van der Waals surface area contributed by atoms with Crippen LogP contribution in [0.2, 0.25) is 0 Å². The van der Waals surface area contributed by atoms with Crippen LogP contribution in [-0.4, -0.2) is 40.0 Å². The molecule has 124 valence electrons. The second-order valence-electron chi connectivity index (χ2n) is 5.24. The van der Waals surface area contributed by atoms with Crippen LogP contribution in [0.4, 0.5) is 8.78 Å². The Morgan fingerprint density at radius 1 is 1.00 bits per heavy atom. The number of hydrogen-bond donors (Lipinski definition) is 0.